The number of hydrogen-bond donors (Lipinski definition) is 3. The van der Waals surface area contributed by atoms with Crippen molar-refractivity contribution < 1.29 is 29.0 Å². The summed E-state index contributed by atoms with van der Waals surface area (Å²) in [4.78, 5) is 38.5. The maximum atomic E-state index is 12.3. The van der Waals surface area contributed by atoms with Crippen molar-refractivity contribution in [1.29, 1.82) is 0 Å². The summed E-state index contributed by atoms with van der Waals surface area (Å²) >= 11 is 12.4. The molecule has 0 aliphatic rings. The van der Waals surface area contributed by atoms with Gasteiger partial charge in [0.1, 0.15) is 5.69 Å². The highest BCUT2D eigenvalue weighted by Crippen LogP contribution is 2.35. The molecule has 3 rings (SSSR count). The average molecular weight is 463 g/mol. The number of halogens is 2. The number of aromatic nitrogens is 1. The van der Waals surface area contributed by atoms with Crippen LogP contribution >= 0.6 is 23.2 Å². The molecule has 3 aromatic rings. The first-order valence-corrected chi connectivity index (χ1v) is 9.50. The van der Waals surface area contributed by atoms with Crippen LogP contribution in [0.1, 0.15) is 21.6 Å². The van der Waals surface area contributed by atoms with Gasteiger partial charge in [0.15, 0.2) is 0 Å². The number of aliphatic carboxylic acids is 1. The maximum absolute atomic E-state index is 12.3. The molecule has 1 aromatic heterocycles. The van der Waals surface area contributed by atoms with Gasteiger partial charge in [-0.15, -0.1) is 0 Å². The van der Waals surface area contributed by atoms with Crippen LogP contribution in [0.5, 0.6) is 0 Å². The third-order valence-electron chi connectivity index (χ3n) is 4.39. The fourth-order valence-electron chi connectivity index (χ4n) is 3.00. The molecule has 1 amide bonds. The monoisotopic (exact) mass is 462 g/mol. The Morgan fingerprint density at radius 1 is 1.06 bits per heavy atom. The number of methoxy groups -OCH3 is 2. The SMILES string of the molecule is COC(=O)Nc1ccc(C(=Cc2c(C(=O)OC)[nH]c3cc(Cl)cc(Cl)c23)C(=O)O)cc1. The number of carbonyl (C=O) groups excluding carboxylic acids is 2. The molecule has 0 fully saturated rings. The van der Waals surface area contributed by atoms with Gasteiger partial charge in [-0.05, 0) is 35.9 Å². The molecule has 0 unspecified atom stereocenters. The van der Waals surface area contributed by atoms with Gasteiger partial charge in [0.05, 0.1) is 24.8 Å². The number of hydrogen-bond acceptors (Lipinski definition) is 5. The van der Waals surface area contributed by atoms with Crippen molar-refractivity contribution in [2.45, 2.75) is 0 Å². The van der Waals surface area contributed by atoms with E-state index in [1.54, 1.807) is 6.07 Å². The van der Waals surface area contributed by atoms with Gasteiger partial charge in [-0.3, -0.25) is 5.32 Å². The van der Waals surface area contributed by atoms with Crippen LogP contribution in [-0.4, -0.2) is 42.3 Å². The van der Waals surface area contributed by atoms with Gasteiger partial charge < -0.3 is 19.6 Å². The second-order valence-electron chi connectivity index (χ2n) is 6.27. The first-order chi connectivity index (χ1) is 14.7. The lowest BCUT2D eigenvalue weighted by Crippen LogP contribution is -2.10. The quantitative estimate of drug-likeness (QED) is 0.360. The second kappa shape index (κ2) is 9.11. The van der Waals surface area contributed by atoms with Gasteiger partial charge in [0.2, 0.25) is 0 Å². The molecular formula is C21H16Cl2N2O6. The molecule has 160 valence electrons. The molecule has 8 nitrogen and oxygen atoms in total. The molecule has 2 aromatic carbocycles. The zero-order chi connectivity index (χ0) is 22.7. The van der Waals surface area contributed by atoms with E-state index >= 15 is 0 Å². The highest BCUT2D eigenvalue weighted by Gasteiger charge is 2.22. The molecule has 10 heteroatoms. The number of nitrogens with one attached hydrogen (secondary N) is 2. The second-order valence-corrected chi connectivity index (χ2v) is 7.12. The van der Waals surface area contributed by atoms with Gasteiger partial charge in [-0.1, -0.05) is 35.3 Å². The van der Waals surface area contributed by atoms with E-state index in [4.69, 9.17) is 27.9 Å². The standard InChI is InChI=1S/C21H16Cl2N2O6/c1-30-20(28)18-14(17-15(23)7-11(22)8-16(17)25-18)9-13(19(26)27)10-3-5-12(6-4-10)24-21(29)31-2/h3-9,25H,1-2H3,(H,24,29)(H,26,27). The zero-order valence-corrected chi connectivity index (χ0v) is 17.8. The number of anilines is 1. The molecule has 0 saturated carbocycles. The molecule has 0 bridgehead atoms. The Labute approximate surface area is 186 Å². The van der Waals surface area contributed by atoms with Crippen molar-refractivity contribution in [2.75, 3.05) is 19.5 Å². The molecule has 31 heavy (non-hydrogen) atoms. The van der Waals surface area contributed by atoms with E-state index in [0.29, 0.717) is 27.2 Å². The largest absolute Gasteiger partial charge is 0.478 e. The lowest BCUT2D eigenvalue weighted by molar-refractivity contribution is -0.130. The fraction of sp³-hybridized carbons (Fsp3) is 0.0952. The van der Waals surface area contributed by atoms with Crippen molar-refractivity contribution in [3.05, 3.63) is 63.3 Å². The van der Waals surface area contributed by atoms with E-state index in [9.17, 15) is 19.5 Å². The van der Waals surface area contributed by atoms with Crippen LogP contribution in [-0.2, 0) is 14.3 Å². The highest BCUT2D eigenvalue weighted by molar-refractivity contribution is 6.39. The predicted octanol–water partition coefficient (Wildman–Crippen LogP) is 5.06. The van der Waals surface area contributed by atoms with E-state index in [-0.39, 0.29) is 21.9 Å². The number of ether oxygens (including phenoxy) is 2. The number of H-pyrrole nitrogens is 1. The fourth-order valence-corrected chi connectivity index (χ4v) is 3.59. The van der Waals surface area contributed by atoms with Crippen LogP contribution in [0.25, 0.3) is 22.6 Å². The molecule has 0 saturated heterocycles. The lowest BCUT2D eigenvalue weighted by Gasteiger charge is -2.07. The molecule has 0 atom stereocenters. The average Bonchev–Trinajstić information content (AvgIpc) is 3.10. The summed E-state index contributed by atoms with van der Waals surface area (Å²) in [5.74, 6) is -1.93. The lowest BCUT2D eigenvalue weighted by atomic mass is 10.0. The predicted molar refractivity (Wildman–Crippen MR) is 118 cm³/mol. The van der Waals surface area contributed by atoms with Gasteiger partial charge in [0, 0.05) is 27.2 Å². The number of benzene rings is 2. The first kappa shape index (κ1) is 22.2. The molecule has 0 aliphatic heterocycles. The van der Waals surface area contributed by atoms with Crippen molar-refractivity contribution in [2.24, 2.45) is 0 Å². The third kappa shape index (κ3) is 4.65. The summed E-state index contributed by atoms with van der Waals surface area (Å²) in [5, 5.41) is 13.3. The Morgan fingerprint density at radius 3 is 2.32 bits per heavy atom. The number of carboxylic acids is 1. The molecule has 3 N–H and O–H groups in total. The van der Waals surface area contributed by atoms with Gasteiger partial charge >= 0.3 is 18.0 Å². The number of aromatic amines is 1. The minimum Gasteiger partial charge on any atom is -0.478 e. The number of rotatable bonds is 5. The normalized spacial score (nSPS) is 11.3. The van der Waals surface area contributed by atoms with Crippen molar-refractivity contribution in [1.82, 2.24) is 4.98 Å². The molecule has 0 aliphatic carbocycles. The van der Waals surface area contributed by atoms with Gasteiger partial charge in [-0.25, -0.2) is 14.4 Å². The van der Waals surface area contributed by atoms with E-state index in [2.05, 4.69) is 15.0 Å². The molecular weight excluding hydrogens is 447 g/mol. The van der Waals surface area contributed by atoms with E-state index in [1.807, 2.05) is 0 Å². The van der Waals surface area contributed by atoms with Crippen LogP contribution in [0, 0.1) is 0 Å². The summed E-state index contributed by atoms with van der Waals surface area (Å²) in [6.07, 6.45) is 0.673. The Hall–Kier alpha value is -3.49. The summed E-state index contributed by atoms with van der Waals surface area (Å²) in [5.41, 5.74) is 1.37. The zero-order valence-electron chi connectivity index (χ0n) is 16.3. The number of fused-ring (bicyclic) bond motifs is 1. The Morgan fingerprint density at radius 2 is 1.74 bits per heavy atom. The van der Waals surface area contributed by atoms with Crippen LogP contribution in [0.4, 0.5) is 10.5 Å². The van der Waals surface area contributed by atoms with Gasteiger partial charge in [0.25, 0.3) is 0 Å². The Balaban J connectivity index is 2.17. The molecule has 1 heterocycles. The Kier molecular flexibility index (Phi) is 6.53. The smallest absolute Gasteiger partial charge is 0.411 e. The summed E-state index contributed by atoms with van der Waals surface area (Å²) in [6, 6.07) is 9.12. The van der Waals surface area contributed by atoms with Crippen molar-refractivity contribution in [3.8, 4) is 0 Å². The van der Waals surface area contributed by atoms with Gasteiger partial charge in [-0.2, -0.15) is 0 Å². The molecule has 0 radical (unpaired) electrons. The van der Waals surface area contributed by atoms with Crippen LogP contribution in [0.3, 0.4) is 0 Å². The van der Waals surface area contributed by atoms with Crippen molar-refractivity contribution >= 4 is 69.5 Å². The highest BCUT2D eigenvalue weighted by atomic mass is 35.5. The van der Waals surface area contributed by atoms with E-state index < -0.39 is 18.0 Å². The Bertz CT molecular complexity index is 1210. The third-order valence-corrected chi connectivity index (χ3v) is 4.91. The van der Waals surface area contributed by atoms with Crippen LogP contribution < -0.4 is 5.32 Å². The van der Waals surface area contributed by atoms with E-state index in [0.717, 1.165) is 0 Å². The number of carbonyl (C=O) groups is 3. The van der Waals surface area contributed by atoms with Crippen molar-refractivity contribution in [3.63, 3.8) is 0 Å². The number of amides is 1. The summed E-state index contributed by atoms with van der Waals surface area (Å²) in [7, 11) is 2.44. The van der Waals surface area contributed by atoms with E-state index in [1.165, 1.54) is 50.6 Å². The number of esters is 1. The minimum atomic E-state index is -1.23. The summed E-state index contributed by atoms with van der Waals surface area (Å²) < 4.78 is 9.33. The topological polar surface area (TPSA) is 118 Å². The summed E-state index contributed by atoms with van der Waals surface area (Å²) in [6.45, 7) is 0. The first-order valence-electron chi connectivity index (χ1n) is 8.74. The van der Waals surface area contributed by atoms with Crippen LogP contribution in [0.2, 0.25) is 10.0 Å². The molecule has 0 spiro atoms. The maximum Gasteiger partial charge on any atom is 0.411 e. The minimum absolute atomic E-state index is 0.0318. The van der Waals surface area contributed by atoms with Crippen LogP contribution in [0.15, 0.2) is 36.4 Å². The number of carboxylic acid groups (broad SMARTS) is 1.